The average Bonchev–Trinajstić information content (AvgIpc) is 0.792. The number of amides is 1. The van der Waals surface area contributed by atoms with Crippen molar-refractivity contribution in [3.8, 4) is 0 Å². The molecule has 0 aromatic carbocycles. The van der Waals surface area contributed by atoms with Crippen molar-refractivity contribution in [2.75, 3.05) is 79.3 Å². The summed E-state index contributed by atoms with van der Waals surface area (Å²) in [6.07, 6.45) is -132. The van der Waals surface area contributed by atoms with Crippen LogP contribution in [0.4, 0.5) is 0 Å². The van der Waals surface area contributed by atoms with Crippen LogP contribution in [0.3, 0.4) is 0 Å². The minimum absolute atomic E-state index is 0.926. The molecule has 12 rings (SSSR count). The Hall–Kier alpha value is -2.93. The SMILES string of the molecule is CC(=O)N[C@@H]1[C@@H](O)[C@H](O[C@@H]2O[C@H](CO[C@H]3O[C@H](CO[C@H]4O[C@H](CO)[C@@H](O)[C@H](O)[C@@H]4O[C@H]4O[C@H](CO)[C@@H](O)[C@H](O[C@H]5O[C@H](CO)[C@@H](O)[C@H](O)[C@@H]5O)[C@@H]4O)[C@@H](O)[C@H](O[C@H]4O[C@H](CO)[C@@H](O)[C@H](O)[C@@H]4O)[C@@H]3O)[C@@H](O)[C@H](O[C@H]3O[C@H](CO[C@H]4O[C@H](CO)[C@@H](O)[C@H](O)[C@@H]4O)[C@@H](O)[C@@H](O)[C@@H]3O[C@H]3O[C@H](CO)[C@@H](O)[C@H](O)[C@@H]3O[C@H]3O[C@H](CO)[C@@H](O)[C@H](O[C@H]4O[C@H](CO)[C@@H](O)[C@H](O)[C@@H]4O)[C@@H]3O)[C@@H]2O)[C@@H](CO)O[C@H]1O. The second kappa shape index (κ2) is 48.6. The summed E-state index contributed by atoms with van der Waals surface area (Å²) in [7, 11) is 0. The van der Waals surface area contributed by atoms with E-state index in [2.05, 4.69) is 5.32 Å². The van der Waals surface area contributed by atoms with Crippen LogP contribution in [0, 0.1) is 0 Å². The molecule has 0 unspecified atom stereocenters. The molecule has 0 aromatic rings. The monoisotopic (exact) mass is 2000 g/mol. The third kappa shape index (κ3) is 23.7. The summed E-state index contributed by atoms with van der Waals surface area (Å²) in [5, 5.41) is 415. The Morgan fingerprint density at radius 1 is 0.191 bits per heavy atom. The first kappa shape index (κ1) is 112. The van der Waals surface area contributed by atoms with E-state index in [1.807, 2.05) is 0 Å². The highest BCUT2D eigenvalue weighted by Gasteiger charge is 2.63. The molecule has 0 aromatic heterocycles. The van der Waals surface area contributed by atoms with Gasteiger partial charge in [-0.3, -0.25) is 4.79 Å². The molecule has 12 aliphatic heterocycles. The summed E-state index contributed by atoms with van der Waals surface area (Å²) < 4.78 is 134. The van der Waals surface area contributed by atoms with Crippen LogP contribution in [0.1, 0.15) is 6.92 Å². The summed E-state index contributed by atoms with van der Waals surface area (Å²) in [6.45, 7) is -13.0. The lowest BCUT2D eigenvalue weighted by Crippen LogP contribution is -2.69. The molecule has 12 heterocycles. The first-order valence-corrected chi connectivity index (χ1v) is 43.2. The topological polar surface area (TPSA) is 990 Å². The number of hydrogen-bond acceptors (Lipinski definition) is 61. The third-order valence-corrected chi connectivity index (χ3v) is 25.5. The number of aliphatic hydroxyl groups excluding tert-OH is 37. The van der Waals surface area contributed by atoms with Crippen LogP contribution in [0.5, 0.6) is 0 Å². The lowest BCUT2D eigenvalue weighted by molar-refractivity contribution is -0.412. The van der Waals surface area contributed by atoms with E-state index in [4.69, 9.17) is 109 Å². The highest BCUT2D eigenvalue weighted by molar-refractivity contribution is 5.73. The largest absolute Gasteiger partial charge is 0.394 e. The summed E-state index contributed by atoms with van der Waals surface area (Å²) in [6, 6.07) is -1.89. The van der Waals surface area contributed by atoms with Crippen molar-refractivity contribution in [3.63, 3.8) is 0 Å². The molecule has 0 radical (unpaired) electrons. The van der Waals surface area contributed by atoms with Crippen LogP contribution < -0.4 is 5.32 Å². The predicted molar refractivity (Wildman–Crippen MR) is 407 cm³/mol. The summed E-state index contributed by atoms with van der Waals surface area (Å²) in [5.74, 6) is -0.933. The van der Waals surface area contributed by atoms with Gasteiger partial charge in [0.15, 0.2) is 75.5 Å². The van der Waals surface area contributed by atoms with Gasteiger partial charge in [0.2, 0.25) is 5.91 Å². The summed E-state index contributed by atoms with van der Waals surface area (Å²) >= 11 is 0. The average molecular weight is 2000 g/mol. The fraction of sp³-hybridized carbons (Fsp3) is 0.986. The lowest BCUT2D eigenvalue weighted by atomic mass is 9.94. The van der Waals surface area contributed by atoms with Gasteiger partial charge in [-0.2, -0.15) is 0 Å². The normalized spacial score (nSPS) is 52.8. The second-order valence-corrected chi connectivity index (χ2v) is 34.5. The van der Waals surface area contributed by atoms with Crippen molar-refractivity contribution in [1.29, 1.82) is 0 Å². The summed E-state index contributed by atoms with van der Waals surface area (Å²) in [5.41, 5.74) is 0. The second-order valence-electron chi connectivity index (χ2n) is 34.5. The zero-order valence-electron chi connectivity index (χ0n) is 71.5. The van der Waals surface area contributed by atoms with Gasteiger partial charge in [-0.1, -0.05) is 0 Å². The van der Waals surface area contributed by atoms with Gasteiger partial charge in [0.05, 0.1) is 79.3 Å². The molecule has 12 aliphatic rings. The number of carbonyl (C=O) groups is 1. The summed E-state index contributed by atoms with van der Waals surface area (Å²) in [4.78, 5) is 12.5. The van der Waals surface area contributed by atoms with Crippen molar-refractivity contribution >= 4 is 5.91 Å². The van der Waals surface area contributed by atoms with Crippen molar-refractivity contribution in [1.82, 2.24) is 5.32 Å². The molecule has 12 saturated heterocycles. The molecule has 792 valence electrons. The molecule has 62 heteroatoms. The Bertz CT molecular complexity index is 3590. The molecule has 62 nitrogen and oxygen atoms in total. The van der Waals surface area contributed by atoms with Crippen LogP contribution in [0.25, 0.3) is 0 Å². The van der Waals surface area contributed by atoms with Gasteiger partial charge in [0.25, 0.3) is 0 Å². The molecular weight excluding hydrogens is 1880 g/mol. The van der Waals surface area contributed by atoms with E-state index in [-0.39, 0.29) is 0 Å². The Balaban J connectivity index is 0.880. The molecular formula is C74H125NO61. The van der Waals surface area contributed by atoms with Gasteiger partial charge in [-0.15, -0.1) is 0 Å². The smallest absolute Gasteiger partial charge is 0.217 e. The number of carbonyl (C=O) groups excluding carboxylic acids is 1. The molecule has 1 amide bonds. The minimum atomic E-state index is -2.72. The molecule has 0 aliphatic carbocycles. The molecule has 0 saturated carbocycles. The van der Waals surface area contributed by atoms with Gasteiger partial charge in [-0.25, -0.2) is 0 Å². The fourth-order valence-electron chi connectivity index (χ4n) is 17.4. The first-order chi connectivity index (χ1) is 64.5. The van der Waals surface area contributed by atoms with E-state index in [0.717, 1.165) is 6.92 Å². The number of aliphatic hydroxyl groups is 37. The maximum Gasteiger partial charge on any atom is 0.217 e. The maximum atomic E-state index is 12.9. The molecule has 136 heavy (non-hydrogen) atoms. The predicted octanol–water partition coefficient (Wildman–Crippen LogP) is -27.0. The van der Waals surface area contributed by atoms with Crippen molar-refractivity contribution in [3.05, 3.63) is 0 Å². The Morgan fingerprint density at radius 2 is 0.390 bits per heavy atom. The first-order valence-electron chi connectivity index (χ1n) is 43.2. The van der Waals surface area contributed by atoms with Gasteiger partial charge in [0.1, 0.15) is 293 Å². The standard InChI is InChI=1S/C74H125NO61/c1-14(85)75-27-39(97)55(23(10-84)117-63(27)113)129-71-54(112)59(133-74-62(46(104)34(92)24(128-74)11-114-64-47(105)40(98)28(86)15(2-76)118-64)136-73-61(45(103)33(91)20(7-81)125-73)135-70-53(111)57(36(94)22(9-83)123-70)131-67-49(107)42(100)30(88)17(4-78)120-67)38(96)26(127-71)12-115-65-51(109)58(132-68-50(108)43(101)31(89)18(5-79)121-68)37(95)25(126-65)13-116-72-60(44(102)32(90)19(6-80)124-72)134-69-52(110)56(35(93)21(8-82)122-69)130-66-48(106)41(99)29(87)16(3-77)119-66/h15-74,76-84,86-113H,2-13H2,1H3,(H,75,85)/t15-,16-,17-,18-,19-,20-,21-,22-,23-,24-,25-,26-,27-,28-,29-,30-,31-,32-,33-,34-,35-,36-,37-,38-,39-,40+,41+,42+,43+,44+,45+,46-,47+,48+,49+,50+,51+,52+,53+,54+,55-,56+,57+,58+,59+,60+,61+,62+,63-,64+,65+,66-,67-,68-,69-,70-,71+,72+,73-,74-/m1/s1. The minimum Gasteiger partial charge on any atom is -0.394 e. The van der Waals surface area contributed by atoms with Crippen LogP contribution in [-0.4, -0.2) is 643 Å². The molecule has 0 spiro atoms. The lowest BCUT2D eigenvalue weighted by Gasteiger charge is -2.51. The van der Waals surface area contributed by atoms with E-state index < -0.39 is 454 Å². The molecule has 0 bridgehead atoms. The van der Waals surface area contributed by atoms with Crippen LogP contribution in [0.15, 0.2) is 0 Å². The van der Waals surface area contributed by atoms with E-state index in [0.29, 0.717) is 0 Å². The van der Waals surface area contributed by atoms with Crippen molar-refractivity contribution in [2.24, 2.45) is 0 Å². The van der Waals surface area contributed by atoms with Gasteiger partial charge >= 0.3 is 0 Å². The maximum absolute atomic E-state index is 12.9. The fourth-order valence-corrected chi connectivity index (χ4v) is 17.4. The number of hydrogen-bond donors (Lipinski definition) is 38. The quantitative estimate of drug-likeness (QED) is 0.0280. The number of ether oxygens (including phenoxy) is 23. The van der Waals surface area contributed by atoms with Crippen LogP contribution in [0.2, 0.25) is 0 Å². The van der Waals surface area contributed by atoms with Crippen molar-refractivity contribution < 1.29 is 303 Å². The molecule has 60 atom stereocenters. The molecule has 38 N–H and O–H groups in total. The zero-order valence-corrected chi connectivity index (χ0v) is 71.5. The van der Waals surface area contributed by atoms with Crippen LogP contribution in [-0.2, 0) is 114 Å². The zero-order chi connectivity index (χ0) is 99.7. The Morgan fingerprint density at radius 3 is 0.728 bits per heavy atom. The highest BCUT2D eigenvalue weighted by Crippen LogP contribution is 2.42. The van der Waals surface area contributed by atoms with Gasteiger partial charge in [-0.05, 0) is 0 Å². The van der Waals surface area contributed by atoms with Gasteiger partial charge < -0.3 is 303 Å². The van der Waals surface area contributed by atoms with E-state index in [1.54, 1.807) is 0 Å². The number of nitrogens with one attached hydrogen (secondary N) is 1. The van der Waals surface area contributed by atoms with Crippen molar-refractivity contribution in [2.45, 2.75) is 375 Å². The van der Waals surface area contributed by atoms with E-state index in [9.17, 15) is 194 Å². The van der Waals surface area contributed by atoms with E-state index >= 15 is 0 Å². The number of rotatable bonds is 35. The van der Waals surface area contributed by atoms with E-state index in [1.165, 1.54) is 0 Å². The van der Waals surface area contributed by atoms with Gasteiger partial charge in [0, 0.05) is 6.92 Å². The van der Waals surface area contributed by atoms with Crippen LogP contribution >= 0.6 is 0 Å². The Kier molecular flexibility index (Phi) is 40.0. The molecule has 12 fully saturated rings. The third-order valence-electron chi connectivity index (χ3n) is 25.5. The Labute approximate surface area is 766 Å². The highest BCUT2D eigenvalue weighted by atomic mass is 16.8.